The maximum absolute atomic E-state index is 13.8. The predicted molar refractivity (Wildman–Crippen MR) is 95.6 cm³/mol. The van der Waals surface area contributed by atoms with Crippen LogP contribution in [0.25, 0.3) is 11.3 Å². The largest absolute Gasteiger partial charge is 0.422 e. The zero-order valence-corrected chi connectivity index (χ0v) is 14.8. The molecule has 0 saturated carbocycles. The minimum Gasteiger partial charge on any atom is -0.368 e. The number of ether oxygens (including phenoxy) is 1. The van der Waals surface area contributed by atoms with Gasteiger partial charge < -0.3 is 9.26 Å². The number of aromatic nitrogens is 1. The first-order valence-electron chi connectivity index (χ1n) is 8.84. The fraction of sp³-hybridized carbons (Fsp3) is 0.200. The van der Waals surface area contributed by atoms with Gasteiger partial charge in [0.2, 0.25) is 12.0 Å². The molecule has 6 nitrogen and oxygen atoms in total. The lowest BCUT2D eigenvalue weighted by Gasteiger charge is -2.09. The Bertz CT molecular complexity index is 1060. The average Bonchev–Trinajstić information content (AvgIpc) is 3.27. The third-order valence-electron chi connectivity index (χ3n) is 4.68. The second kappa shape index (κ2) is 6.71. The molecule has 1 N–H and O–H groups in total. The van der Waals surface area contributed by atoms with E-state index in [0.29, 0.717) is 23.6 Å². The zero-order valence-electron chi connectivity index (χ0n) is 14.8. The van der Waals surface area contributed by atoms with Crippen LogP contribution in [0.4, 0.5) is 13.2 Å². The molecule has 2 atom stereocenters. The number of amidine groups is 1. The summed E-state index contributed by atoms with van der Waals surface area (Å²) in [5.74, 6) is -0.189. The van der Waals surface area contributed by atoms with E-state index in [4.69, 9.17) is 14.1 Å². The molecule has 0 aliphatic carbocycles. The third kappa shape index (κ3) is 3.39. The van der Waals surface area contributed by atoms with Gasteiger partial charge in [-0.15, -0.1) is 0 Å². The summed E-state index contributed by atoms with van der Waals surface area (Å²) in [6, 6.07) is 15.4. The van der Waals surface area contributed by atoms with Gasteiger partial charge in [0.05, 0.1) is 6.61 Å². The van der Waals surface area contributed by atoms with E-state index in [1.54, 1.807) is 30.3 Å². The van der Waals surface area contributed by atoms with Crippen molar-refractivity contribution in [2.75, 3.05) is 6.61 Å². The number of halogens is 3. The van der Waals surface area contributed by atoms with Crippen molar-refractivity contribution in [1.82, 2.24) is 10.6 Å². The molecule has 3 heterocycles. The van der Waals surface area contributed by atoms with Crippen LogP contribution in [-0.2, 0) is 15.8 Å². The molecule has 0 radical (unpaired) electrons. The van der Waals surface area contributed by atoms with E-state index in [9.17, 15) is 13.2 Å². The highest BCUT2D eigenvalue weighted by molar-refractivity contribution is 5.98. The molecule has 2 aliphatic heterocycles. The SMILES string of the molecule is FC(F)(F)c1c(-c2ccccc2)noc1C1N=C(c2ccc(C3CO3)cc2)NO1. The summed E-state index contributed by atoms with van der Waals surface area (Å²) in [5.41, 5.74) is 3.28. The van der Waals surface area contributed by atoms with Gasteiger partial charge in [0.1, 0.15) is 17.4 Å². The summed E-state index contributed by atoms with van der Waals surface area (Å²) in [6.07, 6.45) is -5.88. The first-order valence-corrected chi connectivity index (χ1v) is 8.84. The molecule has 29 heavy (non-hydrogen) atoms. The molecule has 148 valence electrons. The zero-order chi connectivity index (χ0) is 20.0. The summed E-state index contributed by atoms with van der Waals surface area (Å²) < 4.78 is 51.6. The fourth-order valence-corrected chi connectivity index (χ4v) is 3.16. The van der Waals surface area contributed by atoms with Crippen LogP contribution in [-0.4, -0.2) is 17.6 Å². The van der Waals surface area contributed by atoms with Crippen LogP contribution in [0.5, 0.6) is 0 Å². The lowest BCUT2D eigenvalue weighted by atomic mass is 10.1. The van der Waals surface area contributed by atoms with Gasteiger partial charge in [0.25, 0.3) is 0 Å². The normalized spacial score (nSPS) is 21.0. The van der Waals surface area contributed by atoms with Gasteiger partial charge in [-0.05, 0) is 5.56 Å². The Kier molecular flexibility index (Phi) is 4.14. The molecule has 1 saturated heterocycles. The van der Waals surface area contributed by atoms with E-state index < -0.39 is 23.7 Å². The molecule has 2 aliphatic rings. The van der Waals surface area contributed by atoms with Gasteiger partial charge in [-0.3, -0.25) is 0 Å². The van der Waals surface area contributed by atoms with Crippen molar-refractivity contribution in [2.45, 2.75) is 18.5 Å². The van der Waals surface area contributed by atoms with E-state index in [1.807, 2.05) is 12.1 Å². The van der Waals surface area contributed by atoms with Gasteiger partial charge in [-0.2, -0.15) is 13.2 Å². The number of aliphatic imine (C=N–C) groups is 1. The van der Waals surface area contributed by atoms with Crippen molar-refractivity contribution >= 4 is 5.84 Å². The molecule has 2 aromatic carbocycles. The van der Waals surface area contributed by atoms with Crippen LogP contribution >= 0.6 is 0 Å². The van der Waals surface area contributed by atoms with E-state index in [0.717, 1.165) is 5.56 Å². The molecular weight excluding hydrogens is 387 g/mol. The topological polar surface area (TPSA) is 72.2 Å². The number of nitrogens with one attached hydrogen (secondary N) is 1. The number of alkyl halides is 3. The van der Waals surface area contributed by atoms with E-state index in [2.05, 4.69) is 15.6 Å². The van der Waals surface area contributed by atoms with Crippen molar-refractivity contribution in [3.8, 4) is 11.3 Å². The maximum atomic E-state index is 13.8. The highest BCUT2D eigenvalue weighted by Crippen LogP contribution is 2.42. The van der Waals surface area contributed by atoms with Crippen LogP contribution in [0.1, 0.15) is 34.8 Å². The minimum atomic E-state index is -4.69. The minimum absolute atomic E-state index is 0.117. The highest BCUT2D eigenvalue weighted by atomic mass is 19.4. The first-order chi connectivity index (χ1) is 14.0. The summed E-state index contributed by atoms with van der Waals surface area (Å²) in [7, 11) is 0. The van der Waals surface area contributed by atoms with Crippen LogP contribution in [0.15, 0.2) is 64.1 Å². The summed E-state index contributed by atoms with van der Waals surface area (Å²) in [4.78, 5) is 9.49. The summed E-state index contributed by atoms with van der Waals surface area (Å²) in [6.45, 7) is 0.694. The van der Waals surface area contributed by atoms with Gasteiger partial charge in [0, 0.05) is 11.1 Å². The van der Waals surface area contributed by atoms with Crippen molar-refractivity contribution in [3.63, 3.8) is 0 Å². The van der Waals surface area contributed by atoms with Crippen molar-refractivity contribution in [2.24, 2.45) is 4.99 Å². The second-order valence-electron chi connectivity index (χ2n) is 6.63. The predicted octanol–water partition coefficient (Wildman–Crippen LogP) is 4.41. The van der Waals surface area contributed by atoms with Crippen molar-refractivity contribution < 1.29 is 27.3 Å². The number of hydroxylamine groups is 1. The van der Waals surface area contributed by atoms with Crippen LogP contribution in [0.3, 0.4) is 0 Å². The Morgan fingerprint density at radius 2 is 1.69 bits per heavy atom. The number of benzene rings is 2. The molecular formula is C20H14F3N3O3. The Morgan fingerprint density at radius 1 is 0.966 bits per heavy atom. The molecule has 1 aromatic heterocycles. The third-order valence-corrected chi connectivity index (χ3v) is 4.68. The van der Waals surface area contributed by atoms with Gasteiger partial charge >= 0.3 is 6.18 Å². The number of hydrogen-bond donors (Lipinski definition) is 1. The van der Waals surface area contributed by atoms with Crippen LogP contribution < -0.4 is 5.48 Å². The quantitative estimate of drug-likeness (QED) is 0.656. The smallest absolute Gasteiger partial charge is 0.368 e. The summed E-state index contributed by atoms with van der Waals surface area (Å²) >= 11 is 0. The molecule has 0 amide bonds. The van der Waals surface area contributed by atoms with E-state index >= 15 is 0 Å². The Labute approximate surface area is 162 Å². The molecule has 0 spiro atoms. The molecule has 0 bridgehead atoms. The Morgan fingerprint density at radius 3 is 2.34 bits per heavy atom. The Hall–Kier alpha value is -3.17. The lowest BCUT2D eigenvalue weighted by Crippen LogP contribution is -2.18. The van der Waals surface area contributed by atoms with Gasteiger partial charge in [0.15, 0.2) is 5.84 Å². The number of rotatable bonds is 4. The molecule has 5 rings (SSSR count). The van der Waals surface area contributed by atoms with Crippen molar-refractivity contribution in [3.05, 3.63) is 77.0 Å². The monoisotopic (exact) mass is 401 g/mol. The number of nitrogens with zero attached hydrogens (tertiary/aromatic N) is 2. The standard InChI is InChI=1S/C20H14F3N3O3/c21-20(22,23)15-16(12-4-2-1-3-5-12)25-28-17(15)19-24-18(26-29-19)13-8-6-11(7-9-13)14-10-27-14/h1-9,14,19H,10H2,(H,24,26). The Balaban J connectivity index is 1.48. The number of epoxide rings is 1. The first kappa shape index (κ1) is 17.9. The summed E-state index contributed by atoms with van der Waals surface area (Å²) in [5, 5.41) is 3.65. The van der Waals surface area contributed by atoms with Crippen LogP contribution in [0.2, 0.25) is 0 Å². The fourth-order valence-electron chi connectivity index (χ4n) is 3.16. The number of hydrogen-bond acceptors (Lipinski definition) is 6. The lowest BCUT2D eigenvalue weighted by molar-refractivity contribution is -0.140. The highest BCUT2D eigenvalue weighted by Gasteiger charge is 2.44. The van der Waals surface area contributed by atoms with Crippen molar-refractivity contribution in [1.29, 1.82) is 0 Å². The van der Waals surface area contributed by atoms with E-state index in [-0.39, 0.29) is 11.8 Å². The molecule has 2 unspecified atom stereocenters. The van der Waals surface area contributed by atoms with Gasteiger partial charge in [-0.25, -0.2) is 15.3 Å². The van der Waals surface area contributed by atoms with E-state index in [1.165, 1.54) is 12.1 Å². The molecule has 1 fully saturated rings. The molecule has 3 aromatic rings. The van der Waals surface area contributed by atoms with Gasteiger partial charge in [-0.1, -0.05) is 59.8 Å². The maximum Gasteiger partial charge on any atom is 0.422 e. The van der Waals surface area contributed by atoms with Crippen LogP contribution in [0, 0.1) is 0 Å². The average molecular weight is 401 g/mol. The molecule has 9 heteroatoms. The second-order valence-corrected chi connectivity index (χ2v) is 6.63.